The predicted octanol–water partition coefficient (Wildman–Crippen LogP) is 3.23. The second-order valence-electron chi connectivity index (χ2n) is 6.38. The van der Waals surface area contributed by atoms with Crippen molar-refractivity contribution in [1.82, 2.24) is 9.80 Å². The van der Waals surface area contributed by atoms with Crippen LogP contribution in [0.5, 0.6) is 0 Å². The van der Waals surface area contributed by atoms with E-state index in [2.05, 4.69) is 6.92 Å². The average Bonchev–Trinajstić information content (AvgIpc) is 3.15. The topological polar surface area (TPSA) is 40.6 Å². The molecule has 2 heterocycles. The third-order valence-corrected chi connectivity index (χ3v) is 5.44. The molecular formula is C20H24N2O2S. The maximum absolute atomic E-state index is 12.6. The number of rotatable bonds is 5. The van der Waals surface area contributed by atoms with E-state index in [9.17, 15) is 9.59 Å². The summed E-state index contributed by atoms with van der Waals surface area (Å²) in [6, 6.07) is 11.9. The van der Waals surface area contributed by atoms with Crippen LogP contribution in [0.25, 0.3) is 0 Å². The number of thiophene rings is 1. The van der Waals surface area contributed by atoms with E-state index in [4.69, 9.17) is 0 Å². The van der Waals surface area contributed by atoms with Crippen molar-refractivity contribution in [3.8, 4) is 0 Å². The lowest BCUT2D eigenvalue weighted by Gasteiger charge is -2.34. The zero-order chi connectivity index (χ0) is 17.6. The van der Waals surface area contributed by atoms with E-state index in [1.54, 1.807) is 11.3 Å². The van der Waals surface area contributed by atoms with E-state index in [1.807, 2.05) is 51.6 Å². The number of hydrogen-bond acceptors (Lipinski definition) is 3. The van der Waals surface area contributed by atoms with E-state index in [1.165, 1.54) is 5.56 Å². The van der Waals surface area contributed by atoms with Gasteiger partial charge >= 0.3 is 0 Å². The third kappa shape index (κ3) is 4.48. The molecule has 0 unspecified atom stereocenters. The molecule has 2 aromatic rings. The van der Waals surface area contributed by atoms with Gasteiger partial charge in [0.05, 0.1) is 6.42 Å². The fourth-order valence-corrected chi connectivity index (χ4v) is 3.81. The molecular weight excluding hydrogens is 332 g/mol. The number of aryl methyl sites for hydroxylation is 1. The Labute approximate surface area is 153 Å². The minimum absolute atomic E-state index is 0.0633. The molecule has 0 saturated carbocycles. The first kappa shape index (κ1) is 17.7. The number of hydrogen-bond donors (Lipinski definition) is 0. The molecule has 1 aliphatic heterocycles. The number of benzene rings is 1. The Bertz CT molecular complexity index is 702. The van der Waals surface area contributed by atoms with Gasteiger partial charge in [0.25, 0.3) is 5.91 Å². The second-order valence-corrected chi connectivity index (χ2v) is 7.41. The highest BCUT2D eigenvalue weighted by atomic mass is 32.1. The SMILES string of the molecule is CCCc1ccc(C(=O)N2CCN(C(=O)Cc3cccs3)CC2)cc1. The molecule has 5 heteroatoms. The van der Waals surface area contributed by atoms with Crippen molar-refractivity contribution < 1.29 is 9.59 Å². The minimum atomic E-state index is 0.0633. The van der Waals surface area contributed by atoms with Gasteiger partial charge in [-0.05, 0) is 35.6 Å². The van der Waals surface area contributed by atoms with Gasteiger partial charge in [0.1, 0.15) is 0 Å². The van der Waals surface area contributed by atoms with Gasteiger partial charge in [0.2, 0.25) is 5.91 Å². The Kier molecular flexibility index (Phi) is 5.87. The van der Waals surface area contributed by atoms with E-state index < -0.39 is 0 Å². The number of piperazine rings is 1. The van der Waals surface area contributed by atoms with Gasteiger partial charge < -0.3 is 9.80 Å². The monoisotopic (exact) mass is 356 g/mol. The van der Waals surface area contributed by atoms with Crippen molar-refractivity contribution in [1.29, 1.82) is 0 Å². The van der Waals surface area contributed by atoms with Gasteiger partial charge in [-0.1, -0.05) is 31.5 Å². The summed E-state index contributed by atoms with van der Waals surface area (Å²) < 4.78 is 0. The Morgan fingerprint density at radius 2 is 1.68 bits per heavy atom. The van der Waals surface area contributed by atoms with Gasteiger partial charge in [-0.2, -0.15) is 0 Å². The summed E-state index contributed by atoms with van der Waals surface area (Å²) in [6.07, 6.45) is 2.61. The molecule has 1 aliphatic rings. The molecule has 4 nitrogen and oxygen atoms in total. The highest BCUT2D eigenvalue weighted by Gasteiger charge is 2.24. The normalized spacial score (nSPS) is 14.6. The average molecular weight is 356 g/mol. The van der Waals surface area contributed by atoms with Crippen LogP contribution in [0.4, 0.5) is 0 Å². The van der Waals surface area contributed by atoms with Crippen molar-refractivity contribution in [3.63, 3.8) is 0 Å². The Morgan fingerprint density at radius 1 is 1.00 bits per heavy atom. The van der Waals surface area contributed by atoms with Crippen molar-refractivity contribution in [3.05, 3.63) is 57.8 Å². The highest BCUT2D eigenvalue weighted by Crippen LogP contribution is 2.14. The molecule has 0 atom stereocenters. The smallest absolute Gasteiger partial charge is 0.253 e. The van der Waals surface area contributed by atoms with Gasteiger partial charge in [0.15, 0.2) is 0 Å². The third-order valence-electron chi connectivity index (χ3n) is 4.56. The first-order chi connectivity index (χ1) is 12.2. The molecule has 0 spiro atoms. The van der Waals surface area contributed by atoms with Crippen LogP contribution in [-0.2, 0) is 17.6 Å². The summed E-state index contributed by atoms with van der Waals surface area (Å²) in [6.45, 7) is 4.59. The molecule has 0 radical (unpaired) electrons. The minimum Gasteiger partial charge on any atom is -0.339 e. The largest absolute Gasteiger partial charge is 0.339 e. The fourth-order valence-electron chi connectivity index (χ4n) is 3.12. The molecule has 0 bridgehead atoms. The quantitative estimate of drug-likeness (QED) is 0.825. The lowest BCUT2D eigenvalue weighted by Crippen LogP contribution is -2.50. The van der Waals surface area contributed by atoms with Crippen LogP contribution in [0.1, 0.15) is 34.1 Å². The maximum atomic E-state index is 12.6. The summed E-state index contributed by atoms with van der Waals surface area (Å²) in [5, 5.41) is 1.99. The van der Waals surface area contributed by atoms with Crippen LogP contribution in [-0.4, -0.2) is 47.8 Å². The molecule has 3 rings (SSSR count). The Morgan fingerprint density at radius 3 is 2.28 bits per heavy atom. The molecule has 0 N–H and O–H groups in total. The van der Waals surface area contributed by atoms with Crippen LogP contribution >= 0.6 is 11.3 Å². The summed E-state index contributed by atoms with van der Waals surface area (Å²) in [4.78, 5) is 29.8. The summed E-state index contributed by atoms with van der Waals surface area (Å²) >= 11 is 1.61. The van der Waals surface area contributed by atoms with Crippen LogP contribution in [0, 0.1) is 0 Å². The molecule has 1 aromatic heterocycles. The highest BCUT2D eigenvalue weighted by molar-refractivity contribution is 7.10. The standard InChI is InChI=1S/C20H24N2O2S/c1-2-4-16-6-8-17(9-7-16)20(24)22-12-10-21(11-13-22)19(23)15-18-5-3-14-25-18/h3,5-9,14H,2,4,10-13,15H2,1H3. The number of carbonyl (C=O) groups is 2. The zero-order valence-electron chi connectivity index (χ0n) is 14.6. The maximum Gasteiger partial charge on any atom is 0.253 e. The summed E-state index contributed by atoms with van der Waals surface area (Å²) in [7, 11) is 0. The first-order valence-corrected chi connectivity index (χ1v) is 9.73. The summed E-state index contributed by atoms with van der Waals surface area (Å²) in [5.74, 6) is 0.215. The van der Waals surface area contributed by atoms with Gasteiger partial charge in [-0.15, -0.1) is 11.3 Å². The van der Waals surface area contributed by atoms with Crippen molar-refractivity contribution in [2.75, 3.05) is 26.2 Å². The summed E-state index contributed by atoms with van der Waals surface area (Å²) in [5.41, 5.74) is 2.00. The van der Waals surface area contributed by atoms with Gasteiger partial charge in [0, 0.05) is 36.6 Å². The lowest BCUT2D eigenvalue weighted by molar-refractivity contribution is -0.131. The van der Waals surface area contributed by atoms with Crippen LogP contribution < -0.4 is 0 Å². The molecule has 1 aromatic carbocycles. The molecule has 132 valence electrons. The van der Waals surface area contributed by atoms with Crippen LogP contribution in [0.2, 0.25) is 0 Å². The predicted molar refractivity (Wildman–Crippen MR) is 101 cm³/mol. The van der Waals surface area contributed by atoms with E-state index >= 15 is 0 Å². The Hall–Kier alpha value is -2.14. The van der Waals surface area contributed by atoms with E-state index in [-0.39, 0.29) is 11.8 Å². The number of carbonyl (C=O) groups excluding carboxylic acids is 2. The molecule has 1 saturated heterocycles. The van der Waals surface area contributed by atoms with Gasteiger partial charge in [-0.3, -0.25) is 9.59 Å². The first-order valence-electron chi connectivity index (χ1n) is 8.85. The zero-order valence-corrected chi connectivity index (χ0v) is 15.4. The molecule has 1 fully saturated rings. The van der Waals surface area contributed by atoms with Crippen LogP contribution in [0.15, 0.2) is 41.8 Å². The van der Waals surface area contributed by atoms with Crippen molar-refractivity contribution in [2.24, 2.45) is 0 Å². The fraction of sp³-hybridized carbons (Fsp3) is 0.400. The second kappa shape index (κ2) is 8.30. The van der Waals surface area contributed by atoms with Crippen LogP contribution in [0.3, 0.4) is 0 Å². The van der Waals surface area contributed by atoms with E-state index in [0.29, 0.717) is 32.6 Å². The lowest BCUT2D eigenvalue weighted by atomic mass is 10.1. The van der Waals surface area contributed by atoms with E-state index in [0.717, 1.165) is 23.3 Å². The number of nitrogens with zero attached hydrogens (tertiary/aromatic N) is 2. The molecule has 25 heavy (non-hydrogen) atoms. The van der Waals surface area contributed by atoms with Crippen molar-refractivity contribution >= 4 is 23.2 Å². The molecule has 0 aliphatic carbocycles. The van der Waals surface area contributed by atoms with Gasteiger partial charge in [-0.25, -0.2) is 0 Å². The number of amides is 2. The Balaban J connectivity index is 1.52. The molecule has 2 amide bonds. The van der Waals surface area contributed by atoms with Crippen molar-refractivity contribution in [2.45, 2.75) is 26.2 Å².